The van der Waals surface area contributed by atoms with E-state index in [0.717, 1.165) is 51.4 Å². The minimum atomic E-state index is -0.159. The molecule has 3 fully saturated rings. The molecule has 0 spiro atoms. The summed E-state index contributed by atoms with van der Waals surface area (Å²) in [5, 5.41) is 3.07. The molecule has 4 rings (SSSR count). The lowest BCUT2D eigenvalue weighted by atomic mass is 9.88. The highest BCUT2D eigenvalue weighted by Crippen LogP contribution is 2.32. The van der Waals surface area contributed by atoms with Gasteiger partial charge in [-0.2, -0.15) is 0 Å². The van der Waals surface area contributed by atoms with E-state index in [0.29, 0.717) is 31.7 Å². The van der Waals surface area contributed by atoms with Crippen LogP contribution < -0.4 is 5.32 Å². The molecule has 1 aromatic rings. The highest BCUT2D eigenvalue weighted by Gasteiger charge is 2.39. The third-order valence-electron chi connectivity index (χ3n) is 7.27. The van der Waals surface area contributed by atoms with Gasteiger partial charge in [-0.15, -0.1) is 0 Å². The molecule has 1 aromatic carbocycles. The first-order chi connectivity index (χ1) is 15.1. The van der Waals surface area contributed by atoms with Crippen molar-refractivity contribution in [3.8, 4) is 0 Å². The van der Waals surface area contributed by atoms with Crippen molar-refractivity contribution in [1.29, 1.82) is 0 Å². The molecule has 1 aliphatic heterocycles. The molecule has 0 bridgehead atoms. The second kappa shape index (κ2) is 10.3. The monoisotopic (exact) mass is 425 g/mol. The predicted octanol–water partition coefficient (Wildman–Crippen LogP) is 3.23. The first-order valence-electron chi connectivity index (χ1n) is 12.1. The van der Waals surface area contributed by atoms with Crippen LogP contribution in [0.4, 0.5) is 0 Å². The Kier molecular flexibility index (Phi) is 7.25. The Morgan fingerprint density at radius 3 is 2.39 bits per heavy atom. The second-order valence-electron chi connectivity index (χ2n) is 9.27. The van der Waals surface area contributed by atoms with Crippen LogP contribution in [0.2, 0.25) is 0 Å². The quantitative estimate of drug-likeness (QED) is 0.791. The summed E-state index contributed by atoms with van der Waals surface area (Å²) in [6.45, 7) is 2.27. The van der Waals surface area contributed by atoms with Crippen molar-refractivity contribution < 1.29 is 14.4 Å². The summed E-state index contributed by atoms with van der Waals surface area (Å²) >= 11 is 0. The number of fused-ring (bicyclic) bond motifs is 1. The maximum atomic E-state index is 13.4. The van der Waals surface area contributed by atoms with Crippen molar-refractivity contribution >= 4 is 17.7 Å². The molecular formula is C25H35N3O3. The maximum absolute atomic E-state index is 13.4. The summed E-state index contributed by atoms with van der Waals surface area (Å²) in [5.74, 6) is 0.216. The zero-order chi connectivity index (χ0) is 21.6. The molecule has 2 atom stereocenters. The molecule has 1 saturated heterocycles. The van der Waals surface area contributed by atoms with Gasteiger partial charge in [0, 0.05) is 43.7 Å². The Balaban J connectivity index is 1.52. The lowest BCUT2D eigenvalue weighted by molar-refractivity contribution is -0.137. The summed E-state index contributed by atoms with van der Waals surface area (Å²) in [4.78, 5) is 43.3. The van der Waals surface area contributed by atoms with Crippen molar-refractivity contribution in [2.75, 3.05) is 26.2 Å². The van der Waals surface area contributed by atoms with Crippen LogP contribution in [0.15, 0.2) is 30.3 Å². The second-order valence-corrected chi connectivity index (χ2v) is 9.27. The number of rotatable bonds is 2. The highest BCUT2D eigenvalue weighted by atomic mass is 16.2. The molecular weight excluding hydrogens is 390 g/mol. The van der Waals surface area contributed by atoms with Crippen molar-refractivity contribution in [1.82, 2.24) is 15.1 Å². The van der Waals surface area contributed by atoms with Crippen LogP contribution >= 0.6 is 0 Å². The van der Waals surface area contributed by atoms with Gasteiger partial charge in [0.05, 0.1) is 5.92 Å². The Morgan fingerprint density at radius 1 is 0.839 bits per heavy atom. The number of carbonyl (C=O) groups excluding carboxylic acids is 3. The first-order valence-corrected chi connectivity index (χ1v) is 12.1. The third kappa shape index (κ3) is 5.10. The van der Waals surface area contributed by atoms with Crippen LogP contribution in [0.3, 0.4) is 0 Å². The Hall–Kier alpha value is -2.37. The van der Waals surface area contributed by atoms with Crippen molar-refractivity contribution in [3.05, 3.63) is 35.9 Å². The van der Waals surface area contributed by atoms with Crippen molar-refractivity contribution in [3.63, 3.8) is 0 Å². The van der Waals surface area contributed by atoms with Crippen LogP contribution in [0.1, 0.15) is 68.1 Å². The fraction of sp³-hybridized carbons (Fsp3) is 0.640. The summed E-state index contributed by atoms with van der Waals surface area (Å²) < 4.78 is 0. The van der Waals surface area contributed by atoms with Gasteiger partial charge in [0.15, 0.2) is 0 Å². The van der Waals surface area contributed by atoms with E-state index in [9.17, 15) is 14.4 Å². The van der Waals surface area contributed by atoms with Gasteiger partial charge in [0.1, 0.15) is 0 Å². The SMILES string of the molecule is O=C1NCCN(C(=O)C2CCCCC2)CCCN(C(=O)c2ccccc2)C2CCCC12. The number of carbonyl (C=O) groups is 3. The van der Waals surface area contributed by atoms with Gasteiger partial charge in [-0.05, 0) is 44.2 Å². The van der Waals surface area contributed by atoms with Gasteiger partial charge in [-0.1, -0.05) is 43.9 Å². The molecule has 2 unspecified atom stereocenters. The Bertz CT molecular complexity index is 775. The Morgan fingerprint density at radius 2 is 1.61 bits per heavy atom. The summed E-state index contributed by atoms with van der Waals surface area (Å²) in [6, 6.07) is 9.29. The van der Waals surface area contributed by atoms with Gasteiger partial charge in [-0.3, -0.25) is 14.4 Å². The van der Waals surface area contributed by atoms with Crippen LogP contribution in [0.25, 0.3) is 0 Å². The van der Waals surface area contributed by atoms with E-state index in [2.05, 4.69) is 5.32 Å². The molecule has 6 heteroatoms. The molecule has 2 aliphatic carbocycles. The standard InChI is InChI=1S/C25H35N3O3/c29-23-21-13-7-14-22(21)28(25(31)20-11-5-2-6-12-20)17-8-16-27(18-15-26-23)24(30)19-9-3-1-4-10-19/h2,5-6,11-12,19,21-22H,1,3-4,7-10,13-18H2,(H,26,29). The van der Waals surface area contributed by atoms with E-state index in [-0.39, 0.29) is 35.6 Å². The molecule has 2 saturated carbocycles. The van der Waals surface area contributed by atoms with Gasteiger partial charge in [0.2, 0.25) is 11.8 Å². The van der Waals surface area contributed by atoms with Gasteiger partial charge in [0.25, 0.3) is 5.91 Å². The van der Waals surface area contributed by atoms with Crippen molar-refractivity contribution in [2.45, 2.75) is 63.8 Å². The van der Waals surface area contributed by atoms with E-state index in [1.165, 1.54) is 6.42 Å². The zero-order valence-corrected chi connectivity index (χ0v) is 18.4. The van der Waals surface area contributed by atoms with Crippen LogP contribution in [0, 0.1) is 11.8 Å². The number of nitrogens with zero attached hydrogens (tertiary/aromatic N) is 2. The van der Waals surface area contributed by atoms with E-state index in [4.69, 9.17) is 0 Å². The minimum absolute atomic E-state index is 0.00490. The fourth-order valence-electron chi connectivity index (χ4n) is 5.60. The number of amides is 3. The summed E-state index contributed by atoms with van der Waals surface area (Å²) in [7, 11) is 0. The maximum Gasteiger partial charge on any atom is 0.254 e. The van der Waals surface area contributed by atoms with Gasteiger partial charge in [-0.25, -0.2) is 0 Å². The topological polar surface area (TPSA) is 69.7 Å². The lowest BCUT2D eigenvalue weighted by Crippen LogP contribution is -2.47. The van der Waals surface area contributed by atoms with Crippen LogP contribution in [0.5, 0.6) is 0 Å². The minimum Gasteiger partial charge on any atom is -0.354 e. The average molecular weight is 426 g/mol. The average Bonchev–Trinajstić information content (AvgIpc) is 3.29. The van der Waals surface area contributed by atoms with E-state index in [1.54, 1.807) is 0 Å². The summed E-state index contributed by atoms with van der Waals surface area (Å²) in [5.41, 5.74) is 0.665. The number of hydrogen-bond acceptors (Lipinski definition) is 3. The molecule has 0 aromatic heterocycles. The largest absolute Gasteiger partial charge is 0.354 e. The summed E-state index contributed by atoms with van der Waals surface area (Å²) in [6.07, 6.45) is 8.82. The van der Waals surface area contributed by atoms with Crippen LogP contribution in [-0.4, -0.2) is 59.7 Å². The fourth-order valence-corrected chi connectivity index (χ4v) is 5.60. The van der Waals surface area contributed by atoms with Gasteiger partial charge >= 0.3 is 0 Å². The molecule has 1 N–H and O–H groups in total. The lowest BCUT2D eigenvalue weighted by Gasteiger charge is -2.33. The first kappa shape index (κ1) is 21.8. The number of nitrogens with one attached hydrogen (secondary N) is 1. The third-order valence-corrected chi connectivity index (χ3v) is 7.27. The molecule has 0 radical (unpaired) electrons. The van der Waals surface area contributed by atoms with Crippen LogP contribution in [-0.2, 0) is 9.59 Å². The predicted molar refractivity (Wildman–Crippen MR) is 119 cm³/mol. The highest BCUT2D eigenvalue weighted by molar-refractivity contribution is 5.95. The molecule has 3 amide bonds. The molecule has 6 nitrogen and oxygen atoms in total. The van der Waals surface area contributed by atoms with Gasteiger partial charge < -0.3 is 15.1 Å². The van der Waals surface area contributed by atoms with Crippen molar-refractivity contribution in [2.24, 2.45) is 11.8 Å². The number of hydrogen-bond donors (Lipinski definition) is 1. The smallest absolute Gasteiger partial charge is 0.254 e. The normalized spacial score (nSPS) is 26.0. The number of benzene rings is 1. The van der Waals surface area contributed by atoms with E-state index < -0.39 is 0 Å². The molecule has 31 heavy (non-hydrogen) atoms. The van der Waals surface area contributed by atoms with E-state index in [1.807, 2.05) is 40.1 Å². The molecule has 1 heterocycles. The molecule has 3 aliphatic rings. The Labute approximate surface area is 185 Å². The zero-order valence-electron chi connectivity index (χ0n) is 18.4. The molecule has 168 valence electrons. The van der Waals surface area contributed by atoms with E-state index >= 15 is 0 Å².